The minimum absolute atomic E-state index is 0.231. The van der Waals surface area contributed by atoms with E-state index in [0.29, 0.717) is 19.6 Å². The van der Waals surface area contributed by atoms with E-state index in [-0.39, 0.29) is 5.75 Å². The summed E-state index contributed by atoms with van der Waals surface area (Å²) >= 11 is 0. The molecular formula is C9H21N3O2S. The molecule has 15 heavy (non-hydrogen) atoms. The van der Waals surface area contributed by atoms with Crippen molar-refractivity contribution in [3.63, 3.8) is 0 Å². The maximum absolute atomic E-state index is 11.7. The molecule has 0 aliphatic carbocycles. The molecular weight excluding hydrogens is 214 g/mol. The van der Waals surface area contributed by atoms with Gasteiger partial charge in [0.15, 0.2) is 0 Å². The molecule has 0 aromatic carbocycles. The molecule has 0 aromatic rings. The highest BCUT2D eigenvalue weighted by Crippen LogP contribution is 2.04. The Labute approximate surface area is 92.5 Å². The van der Waals surface area contributed by atoms with Crippen LogP contribution in [-0.2, 0) is 10.0 Å². The van der Waals surface area contributed by atoms with Gasteiger partial charge in [-0.25, -0.2) is 12.7 Å². The van der Waals surface area contributed by atoms with Crippen LogP contribution >= 0.6 is 0 Å². The van der Waals surface area contributed by atoms with Gasteiger partial charge in [-0.3, -0.25) is 0 Å². The Morgan fingerprint density at radius 2 is 2.07 bits per heavy atom. The van der Waals surface area contributed by atoms with Gasteiger partial charge in [0.2, 0.25) is 10.0 Å². The standard InChI is InChI=1S/C9H21N3O2S/c1-11(2)6-3-7-12-8-4-10-5-9-15(12,13)14/h10H,3-9H2,1-2H3. The highest BCUT2D eigenvalue weighted by Gasteiger charge is 2.23. The highest BCUT2D eigenvalue weighted by molar-refractivity contribution is 7.89. The average Bonchev–Trinajstić information content (AvgIpc) is 2.28. The lowest BCUT2D eigenvalue weighted by atomic mass is 10.4. The van der Waals surface area contributed by atoms with Crippen molar-refractivity contribution in [3.8, 4) is 0 Å². The second-order valence-corrected chi connectivity index (χ2v) is 6.21. The van der Waals surface area contributed by atoms with E-state index >= 15 is 0 Å². The Morgan fingerprint density at radius 1 is 1.33 bits per heavy atom. The van der Waals surface area contributed by atoms with E-state index in [1.807, 2.05) is 14.1 Å². The third kappa shape index (κ3) is 4.46. The maximum Gasteiger partial charge on any atom is 0.215 e. The molecule has 0 radical (unpaired) electrons. The molecule has 1 rings (SSSR count). The van der Waals surface area contributed by atoms with Crippen LogP contribution in [0.15, 0.2) is 0 Å². The Morgan fingerprint density at radius 3 is 2.73 bits per heavy atom. The minimum atomic E-state index is -3.01. The van der Waals surface area contributed by atoms with Gasteiger partial charge in [0.1, 0.15) is 0 Å². The minimum Gasteiger partial charge on any atom is -0.314 e. The number of hydrogen-bond acceptors (Lipinski definition) is 4. The Hall–Kier alpha value is -0.170. The normalized spacial score (nSPS) is 22.9. The maximum atomic E-state index is 11.7. The molecule has 1 fully saturated rings. The van der Waals surface area contributed by atoms with Gasteiger partial charge < -0.3 is 10.2 Å². The van der Waals surface area contributed by atoms with Crippen molar-refractivity contribution in [1.29, 1.82) is 0 Å². The van der Waals surface area contributed by atoms with Crippen molar-refractivity contribution in [2.75, 3.05) is 52.6 Å². The summed E-state index contributed by atoms with van der Waals surface area (Å²) in [5.41, 5.74) is 0. The Balaban J connectivity index is 2.43. The van der Waals surface area contributed by atoms with Crippen LogP contribution in [0.1, 0.15) is 6.42 Å². The molecule has 0 spiro atoms. The summed E-state index contributed by atoms with van der Waals surface area (Å²) in [7, 11) is 0.991. The zero-order valence-corrected chi connectivity index (χ0v) is 10.4. The molecule has 0 saturated carbocycles. The number of rotatable bonds is 4. The van der Waals surface area contributed by atoms with E-state index in [4.69, 9.17) is 0 Å². The molecule has 1 N–H and O–H groups in total. The molecule has 1 aliphatic rings. The SMILES string of the molecule is CN(C)CCCN1CCNCCS1(=O)=O. The van der Waals surface area contributed by atoms with Gasteiger partial charge in [-0.05, 0) is 27.1 Å². The molecule has 0 atom stereocenters. The van der Waals surface area contributed by atoms with Gasteiger partial charge in [0.25, 0.3) is 0 Å². The summed E-state index contributed by atoms with van der Waals surface area (Å²) in [5, 5.41) is 3.10. The molecule has 5 nitrogen and oxygen atoms in total. The topological polar surface area (TPSA) is 52.6 Å². The van der Waals surface area contributed by atoms with E-state index < -0.39 is 10.0 Å². The van der Waals surface area contributed by atoms with Gasteiger partial charge >= 0.3 is 0 Å². The van der Waals surface area contributed by atoms with E-state index in [1.54, 1.807) is 4.31 Å². The fourth-order valence-corrected chi connectivity index (χ4v) is 3.05. The van der Waals surface area contributed by atoms with Crippen molar-refractivity contribution in [1.82, 2.24) is 14.5 Å². The van der Waals surface area contributed by atoms with E-state index in [9.17, 15) is 8.42 Å². The first kappa shape index (κ1) is 12.9. The molecule has 1 saturated heterocycles. The van der Waals surface area contributed by atoms with Crippen molar-refractivity contribution < 1.29 is 8.42 Å². The van der Waals surface area contributed by atoms with Crippen LogP contribution in [0.5, 0.6) is 0 Å². The van der Waals surface area contributed by atoms with Gasteiger partial charge in [0.05, 0.1) is 5.75 Å². The van der Waals surface area contributed by atoms with Crippen LogP contribution in [0.2, 0.25) is 0 Å². The number of nitrogens with zero attached hydrogens (tertiary/aromatic N) is 2. The van der Waals surface area contributed by atoms with Crippen molar-refractivity contribution in [3.05, 3.63) is 0 Å². The predicted molar refractivity (Wildman–Crippen MR) is 61.4 cm³/mol. The summed E-state index contributed by atoms with van der Waals surface area (Å²) in [6.07, 6.45) is 0.895. The van der Waals surface area contributed by atoms with Crippen LogP contribution in [0.25, 0.3) is 0 Å². The first-order valence-corrected chi connectivity index (χ1v) is 6.96. The number of hydrogen-bond donors (Lipinski definition) is 1. The van der Waals surface area contributed by atoms with Gasteiger partial charge in [0, 0.05) is 26.2 Å². The second kappa shape index (κ2) is 5.79. The molecule has 0 bridgehead atoms. The lowest BCUT2D eigenvalue weighted by Crippen LogP contribution is -2.35. The van der Waals surface area contributed by atoms with E-state index in [0.717, 1.165) is 19.5 Å². The summed E-state index contributed by atoms with van der Waals surface area (Å²) in [4.78, 5) is 2.07. The molecule has 90 valence electrons. The Bertz CT molecular complexity index is 277. The van der Waals surface area contributed by atoms with Crippen LogP contribution in [0, 0.1) is 0 Å². The van der Waals surface area contributed by atoms with Crippen LogP contribution in [0.3, 0.4) is 0 Å². The van der Waals surface area contributed by atoms with Crippen LogP contribution in [0.4, 0.5) is 0 Å². The fraction of sp³-hybridized carbons (Fsp3) is 1.00. The number of nitrogens with one attached hydrogen (secondary N) is 1. The lowest BCUT2D eigenvalue weighted by molar-refractivity contribution is 0.353. The van der Waals surface area contributed by atoms with Crippen LogP contribution < -0.4 is 5.32 Å². The first-order chi connectivity index (χ1) is 7.02. The van der Waals surface area contributed by atoms with E-state index in [2.05, 4.69) is 10.2 Å². The van der Waals surface area contributed by atoms with Crippen LogP contribution in [-0.4, -0.2) is 70.2 Å². The Kier molecular flexibility index (Phi) is 4.98. The van der Waals surface area contributed by atoms with Gasteiger partial charge in [-0.2, -0.15) is 0 Å². The van der Waals surface area contributed by atoms with Crippen molar-refractivity contribution >= 4 is 10.0 Å². The lowest BCUT2D eigenvalue weighted by Gasteiger charge is -2.20. The van der Waals surface area contributed by atoms with E-state index in [1.165, 1.54) is 0 Å². The largest absolute Gasteiger partial charge is 0.314 e. The smallest absolute Gasteiger partial charge is 0.215 e. The second-order valence-electron chi connectivity index (χ2n) is 4.12. The van der Waals surface area contributed by atoms with Gasteiger partial charge in [-0.15, -0.1) is 0 Å². The number of sulfonamides is 1. The summed E-state index contributed by atoms with van der Waals surface area (Å²) in [5.74, 6) is 0.231. The summed E-state index contributed by atoms with van der Waals surface area (Å²) < 4.78 is 25.1. The third-order valence-electron chi connectivity index (χ3n) is 2.48. The molecule has 0 aromatic heterocycles. The van der Waals surface area contributed by atoms with Crippen molar-refractivity contribution in [2.45, 2.75) is 6.42 Å². The summed E-state index contributed by atoms with van der Waals surface area (Å²) in [6.45, 7) is 3.52. The van der Waals surface area contributed by atoms with Crippen molar-refractivity contribution in [2.24, 2.45) is 0 Å². The molecule has 1 heterocycles. The zero-order chi connectivity index (χ0) is 11.3. The zero-order valence-electron chi connectivity index (χ0n) is 9.57. The summed E-state index contributed by atoms with van der Waals surface area (Å²) in [6, 6.07) is 0. The quantitative estimate of drug-likeness (QED) is 0.691. The molecule has 0 amide bonds. The molecule has 6 heteroatoms. The predicted octanol–water partition coefficient (Wildman–Crippen LogP) is -0.827. The first-order valence-electron chi connectivity index (χ1n) is 5.35. The third-order valence-corrected chi connectivity index (χ3v) is 4.35. The monoisotopic (exact) mass is 235 g/mol. The molecule has 0 unspecified atom stereocenters. The fourth-order valence-electron chi connectivity index (χ4n) is 1.61. The molecule has 1 aliphatic heterocycles. The van der Waals surface area contributed by atoms with Gasteiger partial charge in [-0.1, -0.05) is 0 Å². The highest BCUT2D eigenvalue weighted by atomic mass is 32.2. The average molecular weight is 235 g/mol.